The number of rotatable bonds is 8. The van der Waals surface area contributed by atoms with E-state index in [1.165, 1.54) is 0 Å². The molecule has 0 rings (SSSR count). The van der Waals surface area contributed by atoms with Crippen molar-refractivity contribution in [2.45, 2.75) is 25.9 Å². The number of hydrogen-bond acceptors (Lipinski definition) is 4. The van der Waals surface area contributed by atoms with Crippen LogP contribution < -0.4 is 0 Å². The normalized spacial score (nSPS) is 13.6. The minimum absolute atomic E-state index is 0.0299. The summed E-state index contributed by atoms with van der Waals surface area (Å²) in [5.74, 6) is -0.115. The maximum atomic E-state index is 9.33. The van der Waals surface area contributed by atoms with Crippen LogP contribution in [0.4, 0.5) is 0 Å². The Labute approximate surface area is 79.2 Å². The highest BCUT2D eigenvalue weighted by atomic mass is 16.5. The molecule has 0 aromatic heterocycles. The zero-order chi connectivity index (χ0) is 10.1. The highest BCUT2D eigenvalue weighted by molar-refractivity contribution is 4.60. The molecule has 3 N–H and O–H groups in total. The first kappa shape index (κ1) is 12.8. The van der Waals surface area contributed by atoms with Crippen LogP contribution in [0.1, 0.15) is 19.8 Å². The molecule has 0 aliphatic heterocycles. The molecule has 0 aliphatic carbocycles. The smallest absolute Gasteiger partial charge is 0.0773 e. The van der Waals surface area contributed by atoms with Crippen molar-refractivity contribution in [2.24, 2.45) is 5.92 Å². The number of hydrogen-bond donors (Lipinski definition) is 3. The van der Waals surface area contributed by atoms with Crippen molar-refractivity contribution >= 4 is 0 Å². The lowest BCUT2D eigenvalue weighted by atomic mass is 10.0. The van der Waals surface area contributed by atoms with Crippen LogP contribution in [0.3, 0.4) is 0 Å². The molecule has 0 aliphatic rings. The fourth-order valence-corrected chi connectivity index (χ4v) is 1.01. The van der Waals surface area contributed by atoms with Gasteiger partial charge >= 0.3 is 0 Å². The van der Waals surface area contributed by atoms with E-state index in [4.69, 9.17) is 14.9 Å². The van der Waals surface area contributed by atoms with Gasteiger partial charge < -0.3 is 20.1 Å². The summed E-state index contributed by atoms with van der Waals surface area (Å²) in [6.07, 6.45) is 0.702. The number of ether oxygens (including phenoxy) is 1. The molecule has 1 atom stereocenters. The molecule has 0 bridgehead atoms. The maximum Gasteiger partial charge on any atom is 0.0773 e. The van der Waals surface area contributed by atoms with Crippen molar-refractivity contribution in [2.75, 3.05) is 26.4 Å². The summed E-state index contributed by atoms with van der Waals surface area (Å²) < 4.78 is 5.02. The molecule has 0 aromatic rings. The molecule has 80 valence electrons. The van der Waals surface area contributed by atoms with Crippen molar-refractivity contribution in [3.05, 3.63) is 0 Å². The van der Waals surface area contributed by atoms with E-state index in [9.17, 15) is 5.11 Å². The van der Waals surface area contributed by atoms with Gasteiger partial charge in [-0.2, -0.15) is 0 Å². The summed E-state index contributed by atoms with van der Waals surface area (Å²) in [6, 6.07) is 0. The maximum absolute atomic E-state index is 9.33. The van der Waals surface area contributed by atoms with E-state index >= 15 is 0 Å². The summed E-state index contributed by atoms with van der Waals surface area (Å²) in [7, 11) is 0. The molecule has 0 saturated heterocycles. The van der Waals surface area contributed by atoms with Gasteiger partial charge in [-0.25, -0.2) is 0 Å². The van der Waals surface area contributed by atoms with Gasteiger partial charge in [0.05, 0.1) is 12.7 Å². The summed E-state index contributed by atoms with van der Waals surface area (Å²) >= 11 is 0. The number of aliphatic hydroxyl groups excluding tert-OH is 3. The van der Waals surface area contributed by atoms with Gasteiger partial charge in [-0.3, -0.25) is 0 Å². The van der Waals surface area contributed by atoms with E-state index in [1.807, 2.05) is 6.92 Å². The molecule has 0 saturated carbocycles. The van der Waals surface area contributed by atoms with Gasteiger partial charge in [-0.05, 0) is 19.8 Å². The van der Waals surface area contributed by atoms with E-state index in [1.54, 1.807) is 0 Å². The molecule has 0 heterocycles. The molecule has 4 heteroatoms. The Morgan fingerprint density at radius 1 is 1.15 bits per heavy atom. The minimum Gasteiger partial charge on any atom is -0.396 e. The Morgan fingerprint density at radius 3 is 2.23 bits per heavy atom. The van der Waals surface area contributed by atoms with Crippen molar-refractivity contribution in [3.63, 3.8) is 0 Å². The van der Waals surface area contributed by atoms with Crippen LogP contribution in [0.5, 0.6) is 0 Å². The van der Waals surface area contributed by atoms with Gasteiger partial charge in [0.2, 0.25) is 0 Å². The van der Waals surface area contributed by atoms with E-state index < -0.39 is 6.10 Å². The van der Waals surface area contributed by atoms with Gasteiger partial charge in [0.1, 0.15) is 0 Å². The Morgan fingerprint density at radius 2 is 1.77 bits per heavy atom. The average Bonchev–Trinajstić information content (AvgIpc) is 2.16. The number of aliphatic hydroxyl groups is 3. The van der Waals surface area contributed by atoms with E-state index in [0.717, 1.165) is 0 Å². The fourth-order valence-electron chi connectivity index (χ4n) is 1.01. The minimum atomic E-state index is -0.486. The van der Waals surface area contributed by atoms with E-state index in [2.05, 4.69) is 0 Å². The van der Waals surface area contributed by atoms with Crippen molar-refractivity contribution < 1.29 is 20.1 Å². The first-order valence-electron chi connectivity index (χ1n) is 4.72. The largest absolute Gasteiger partial charge is 0.396 e. The summed E-state index contributed by atoms with van der Waals surface area (Å²) in [5.41, 5.74) is 0. The Kier molecular flexibility index (Phi) is 8.33. The SMILES string of the molecule is CCOCC(O)CCC(CO)CO. The lowest BCUT2D eigenvalue weighted by Crippen LogP contribution is -2.19. The zero-order valence-corrected chi connectivity index (χ0v) is 8.15. The Hall–Kier alpha value is -0.160. The molecular weight excluding hydrogens is 172 g/mol. The topological polar surface area (TPSA) is 69.9 Å². The van der Waals surface area contributed by atoms with Gasteiger partial charge in [-0.15, -0.1) is 0 Å². The van der Waals surface area contributed by atoms with Crippen molar-refractivity contribution in [1.82, 2.24) is 0 Å². The highest BCUT2D eigenvalue weighted by Gasteiger charge is 2.09. The predicted molar refractivity (Wildman–Crippen MR) is 49.4 cm³/mol. The molecule has 1 unspecified atom stereocenters. The average molecular weight is 192 g/mol. The third-order valence-electron chi connectivity index (χ3n) is 1.94. The molecular formula is C9H20O4. The molecule has 0 radical (unpaired) electrons. The molecule has 4 nitrogen and oxygen atoms in total. The summed E-state index contributed by atoms with van der Waals surface area (Å²) in [5, 5.41) is 26.8. The molecule has 0 fully saturated rings. The van der Waals surface area contributed by atoms with E-state index in [-0.39, 0.29) is 19.1 Å². The third kappa shape index (κ3) is 6.95. The Bertz CT molecular complexity index is 104. The first-order chi connectivity index (χ1) is 6.24. The molecule has 0 spiro atoms. The first-order valence-corrected chi connectivity index (χ1v) is 4.72. The van der Waals surface area contributed by atoms with Crippen LogP contribution in [0.2, 0.25) is 0 Å². The van der Waals surface area contributed by atoms with Crippen LogP contribution in [0, 0.1) is 5.92 Å². The fraction of sp³-hybridized carbons (Fsp3) is 1.00. The standard InChI is InChI=1S/C9H20O4/c1-2-13-7-9(12)4-3-8(5-10)6-11/h8-12H,2-7H2,1H3. The van der Waals surface area contributed by atoms with Crippen LogP contribution in [-0.4, -0.2) is 47.9 Å². The second-order valence-corrected chi connectivity index (χ2v) is 3.12. The monoisotopic (exact) mass is 192 g/mol. The zero-order valence-electron chi connectivity index (χ0n) is 8.15. The van der Waals surface area contributed by atoms with Crippen LogP contribution in [-0.2, 0) is 4.74 Å². The summed E-state index contributed by atoms with van der Waals surface area (Å²) in [4.78, 5) is 0. The quantitative estimate of drug-likeness (QED) is 0.496. The second kappa shape index (κ2) is 8.44. The lowest BCUT2D eigenvalue weighted by molar-refractivity contribution is 0.0301. The van der Waals surface area contributed by atoms with Crippen molar-refractivity contribution in [1.29, 1.82) is 0 Å². The molecule has 0 aromatic carbocycles. The van der Waals surface area contributed by atoms with E-state index in [0.29, 0.717) is 26.1 Å². The van der Waals surface area contributed by atoms with Crippen molar-refractivity contribution in [3.8, 4) is 0 Å². The van der Waals surface area contributed by atoms with Gasteiger partial charge in [0, 0.05) is 25.7 Å². The van der Waals surface area contributed by atoms with Crippen LogP contribution >= 0.6 is 0 Å². The Balaban J connectivity index is 3.38. The lowest BCUT2D eigenvalue weighted by Gasteiger charge is -2.14. The molecule has 0 amide bonds. The van der Waals surface area contributed by atoms with Gasteiger partial charge in [0.15, 0.2) is 0 Å². The van der Waals surface area contributed by atoms with Gasteiger partial charge in [0.25, 0.3) is 0 Å². The highest BCUT2D eigenvalue weighted by Crippen LogP contribution is 2.07. The summed E-state index contributed by atoms with van der Waals surface area (Å²) in [6.45, 7) is 2.74. The predicted octanol–water partition coefficient (Wildman–Crippen LogP) is -0.235. The van der Waals surface area contributed by atoms with Crippen LogP contribution in [0.15, 0.2) is 0 Å². The van der Waals surface area contributed by atoms with Gasteiger partial charge in [-0.1, -0.05) is 0 Å². The second-order valence-electron chi connectivity index (χ2n) is 3.12. The molecule has 13 heavy (non-hydrogen) atoms. The van der Waals surface area contributed by atoms with Crippen LogP contribution in [0.25, 0.3) is 0 Å². The third-order valence-corrected chi connectivity index (χ3v) is 1.94.